The summed E-state index contributed by atoms with van der Waals surface area (Å²) in [6.07, 6.45) is 2.44. The highest BCUT2D eigenvalue weighted by molar-refractivity contribution is 5.94. The minimum absolute atomic E-state index is 0.000120. The quantitative estimate of drug-likeness (QED) is 0.778. The lowest BCUT2D eigenvalue weighted by Crippen LogP contribution is -2.55. The van der Waals surface area contributed by atoms with Gasteiger partial charge in [-0.3, -0.25) is 14.5 Å². The molecule has 2 aliphatic heterocycles. The van der Waals surface area contributed by atoms with E-state index in [1.807, 2.05) is 25.7 Å². The van der Waals surface area contributed by atoms with E-state index in [1.165, 1.54) is 0 Å². The topological polar surface area (TPSA) is 84.0 Å². The van der Waals surface area contributed by atoms with Crippen molar-refractivity contribution in [3.8, 4) is 5.88 Å². The van der Waals surface area contributed by atoms with E-state index in [0.717, 1.165) is 6.42 Å². The summed E-state index contributed by atoms with van der Waals surface area (Å²) < 4.78 is 11.1. The molecule has 1 N–H and O–H groups in total. The number of nitrogens with zero attached hydrogens (tertiary/aromatic N) is 3. The average molecular weight is 390 g/mol. The van der Waals surface area contributed by atoms with Gasteiger partial charge in [0, 0.05) is 56.5 Å². The standard InChI is InChI=1S/C20H30N4O4/c1-14(2)22-19(25)15(3)23-7-9-24(10-8-23)20(26)16-4-6-21-18(12-16)28-17-5-11-27-13-17/h4,6,12,14-15,17H,5,7-11,13H2,1-3H3,(H,22,25). The normalized spacial score (nSPS) is 21.6. The van der Waals surface area contributed by atoms with Crippen LogP contribution in [-0.4, -0.2) is 84.2 Å². The van der Waals surface area contributed by atoms with Gasteiger partial charge in [0.15, 0.2) is 0 Å². The monoisotopic (exact) mass is 390 g/mol. The van der Waals surface area contributed by atoms with Gasteiger partial charge in [-0.05, 0) is 26.8 Å². The number of hydrogen-bond donors (Lipinski definition) is 1. The summed E-state index contributed by atoms with van der Waals surface area (Å²) in [6, 6.07) is 3.34. The number of pyridine rings is 1. The molecular weight excluding hydrogens is 360 g/mol. The van der Waals surface area contributed by atoms with Crippen LogP contribution in [0.2, 0.25) is 0 Å². The zero-order valence-electron chi connectivity index (χ0n) is 16.9. The van der Waals surface area contributed by atoms with Crippen molar-refractivity contribution < 1.29 is 19.1 Å². The largest absolute Gasteiger partial charge is 0.472 e. The van der Waals surface area contributed by atoms with Gasteiger partial charge in [0.2, 0.25) is 11.8 Å². The molecule has 0 aliphatic carbocycles. The molecule has 1 aromatic heterocycles. The lowest BCUT2D eigenvalue weighted by molar-refractivity contribution is -0.126. The van der Waals surface area contributed by atoms with E-state index < -0.39 is 0 Å². The van der Waals surface area contributed by atoms with Gasteiger partial charge in [0.05, 0.1) is 19.3 Å². The SMILES string of the molecule is CC(C)NC(=O)C(C)N1CCN(C(=O)c2ccnc(OC3CCOC3)c2)CC1. The summed E-state index contributed by atoms with van der Waals surface area (Å²) >= 11 is 0. The Bertz CT molecular complexity index is 683. The van der Waals surface area contributed by atoms with Crippen molar-refractivity contribution in [1.29, 1.82) is 0 Å². The molecule has 2 aliphatic rings. The number of carbonyl (C=O) groups is 2. The van der Waals surface area contributed by atoms with Gasteiger partial charge in [-0.2, -0.15) is 0 Å². The predicted molar refractivity (Wildman–Crippen MR) is 104 cm³/mol. The van der Waals surface area contributed by atoms with Gasteiger partial charge in [-0.1, -0.05) is 0 Å². The van der Waals surface area contributed by atoms with Crippen molar-refractivity contribution >= 4 is 11.8 Å². The number of rotatable bonds is 6. The Labute approximate surface area is 166 Å². The Morgan fingerprint density at radius 3 is 2.64 bits per heavy atom. The number of hydrogen-bond acceptors (Lipinski definition) is 6. The lowest BCUT2D eigenvalue weighted by atomic mass is 10.1. The van der Waals surface area contributed by atoms with Crippen LogP contribution in [0.3, 0.4) is 0 Å². The molecule has 1 aromatic rings. The van der Waals surface area contributed by atoms with Crippen LogP contribution >= 0.6 is 0 Å². The third-order valence-corrected chi connectivity index (χ3v) is 5.12. The molecule has 3 heterocycles. The fraction of sp³-hybridized carbons (Fsp3) is 0.650. The Hall–Kier alpha value is -2.19. The maximum atomic E-state index is 12.9. The van der Waals surface area contributed by atoms with E-state index >= 15 is 0 Å². The van der Waals surface area contributed by atoms with Crippen LogP contribution in [0.15, 0.2) is 18.3 Å². The van der Waals surface area contributed by atoms with E-state index in [9.17, 15) is 9.59 Å². The molecule has 8 nitrogen and oxygen atoms in total. The second-order valence-electron chi connectivity index (χ2n) is 7.65. The molecule has 2 saturated heterocycles. The van der Waals surface area contributed by atoms with Crippen LogP contribution in [0.1, 0.15) is 37.6 Å². The summed E-state index contributed by atoms with van der Waals surface area (Å²) in [5, 5.41) is 2.94. The highest BCUT2D eigenvalue weighted by atomic mass is 16.5. The van der Waals surface area contributed by atoms with Crippen LogP contribution in [0, 0.1) is 0 Å². The van der Waals surface area contributed by atoms with Gasteiger partial charge in [0.25, 0.3) is 5.91 Å². The summed E-state index contributed by atoms with van der Waals surface area (Å²) in [5.41, 5.74) is 0.572. The van der Waals surface area contributed by atoms with Crippen molar-refractivity contribution in [3.05, 3.63) is 23.9 Å². The van der Waals surface area contributed by atoms with Crippen molar-refractivity contribution in [2.24, 2.45) is 0 Å². The van der Waals surface area contributed by atoms with Crippen LogP contribution in [0.4, 0.5) is 0 Å². The fourth-order valence-electron chi connectivity index (χ4n) is 3.45. The zero-order valence-corrected chi connectivity index (χ0v) is 16.9. The second kappa shape index (κ2) is 9.34. The lowest BCUT2D eigenvalue weighted by Gasteiger charge is -2.37. The Balaban J connectivity index is 1.54. The first-order valence-electron chi connectivity index (χ1n) is 9.98. The third-order valence-electron chi connectivity index (χ3n) is 5.12. The summed E-state index contributed by atoms with van der Waals surface area (Å²) in [5.74, 6) is 0.453. The van der Waals surface area contributed by atoms with Gasteiger partial charge < -0.3 is 19.7 Å². The van der Waals surface area contributed by atoms with E-state index in [4.69, 9.17) is 9.47 Å². The molecule has 0 spiro atoms. The fourth-order valence-corrected chi connectivity index (χ4v) is 3.45. The molecule has 2 amide bonds. The van der Waals surface area contributed by atoms with E-state index in [1.54, 1.807) is 18.3 Å². The number of nitrogens with one attached hydrogen (secondary N) is 1. The number of amides is 2. The molecular formula is C20H30N4O4. The van der Waals surface area contributed by atoms with Crippen LogP contribution < -0.4 is 10.1 Å². The molecule has 0 saturated carbocycles. The molecule has 0 bridgehead atoms. The minimum atomic E-state index is -0.200. The first kappa shape index (κ1) is 20.5. The average Bonchev–Trinajstić information content (AvgIpc) is 3.19. The van der Waals surface area contributed by atoms with Crippen LogP contribution in [-0.2, 0) is 9.53 Å². The molecule has 8 heteroatoms. The molecule has 2 unspecified atom stereocenters. The van der Waals surface area contributed by atoms with Gasteiger partial charge in [-0.25, -0.2) is 4.98 Å². The Morgan fingerprint density at radius 1 is 1.25 bits per heavy atom. The van der Waals surface area contributed by atoms with Crippen molar-refractivity contribution in [2.45, 2.75) is 45.4 Å². The van der Waals surface area contributed by atoms with E-state index in [0.29, 0.717) is 50.8 Å². The highest BCUT2D eigenvalue weighted by Gasteiger charge is 2.28. The molecule has 0 aromatic carbocycles. The van der Waals surface area contributed by atoms with Gasteiger partial charge >= 0.3 is 0 Å². The van der Waals surface area contributed by atoms with Crippen molar-refractivity contribution in [1.82, 2.24) is 20.1 Å². The van der Waals surface area contributed by atoms with Gasteiger partial charge in [-0.15, -0.1) is 0 Å². The first-order valence-corrected chi connectivity index (χ1v) is 9.98. The summed E-state index contributed by atoms with van der Waals surface area (Å²) in [6.45, 7) is 9.60. The minimum Gasteiger partial charge on any atom is -0.472 e. The van der Waals surface area contributed by atoms with Gasteiger partial charge in [0.1, 0.15) is 6.10 Å². The second-order valence-corrected chi connectivity index (χ2v) is 7.65. The number of carbonyl (C=O) groups excluding carboxylic acids is 2. The number of ether oxygens (including phenoxy) is 2. The molecule has 3 rings (SSSR count). The summed E-state index contributed by atoms with van der Waals surface area (Å²) in [4.78, 5) is 33.2. The maximum absolute atomic E-state index is 12.9. The zero-order chi connectivity index (χ0) is 20.1. The van der Waals surface area contributed by atoms with Crippen molar-refractivity contribution in [3.63, 3.8) is 0 Å². The summed E-state index contributed by atoms with van der Waals surface area (Å²) in [7, 11) is 0. The third kappa shape index (κ3) is 5.20. The number of piperazine rings is 1. The molecule has 154 valence electrons. The Morgan fingerprint density at radius 2 is 2.00 bits per heavy atom. The molecule has 2 fully saturated rings. The van der Waals surface area contributed by atoms with Crippen LogP contribution in [0.5, 0.6) is 5.88 Å². The van der Waals surface area contributed by atoms with Crippen molar-refractivity contribution in [2.75, 3.05) is 39.4 Å². The van der Waals surface area contributed by atoms with E-state index in [2.05, 4.69) is 15.2 Å². The predicted octanol–water partition coefficient (Wildman–Crippen LogP) is 0.920. The highest BCUT2D eigenvalue weighted by Crippen LogP contribution is 2.18. The van der Waals surface area contributed by atoms with E-state index in [-0.39, 0.29) is 30.0 Å². The smallest absolute Gasteiger partial charge is 0.254 e. The number of aromatic nitrogens is 1. The van der Waals surface area contributed by atoms with Crippen LogP contribution in [0.25, 0.3) is 0 Å². The Kier molecular flexibility index (Phi) is 6.85. The first-order chi connectivity index (χ1) is 13.4. The maximum Gasteiger partial charge on any atom is 0.254 e. The molecule has 2 atom stereocenters. The molecule has 28 heavy (non-hydrogen) atoms. The molecule has 0 radical (unpaired) electrons.